The topological polar surface area (TPSA) is 68.3 Å². The molecule has 8 heteroatoms. The van der Waals surface area contributed by atoms with Crippen molar-refractivity contribution in [2.45, 2.75) is 35.1 Å². The van der Waals surface area contributed by atoms with Crippen LogP contribution in [0.2, 0.25) is 0 Å². The molecule has 0 saturated heterocycles. The van der Waals surface area contributed by atoms with Gasteiger partial charge in [0.2, 0.25) is 0 Å². The molecule has 1 aromatic rings. The SMILES string of the molecule is O=S1(=O)CCCCCCS(=O)(=O)C(Cl)c2cccc(c2)C1Cl. The Morgan fingerprint density at radius 3 is 1.59 bits per heavy atom. The molecule has 2 rings (SSSR count). The van der Waals surface area contributed by atoms with E-state index in [4.69, 9.17) is 23.2 Å². The minimum absolute atomic E-state index is 0.00243. The monoisotopic (exact) mass is 384 g/mol. The molecular formula is C14H18Cl2O4S2. The number of alkyl halides is 2. The normalized spacial score (nSPS) is 28.8. The zero-order chi connectivity index (χ0) is 16.4. The third-order valence-electron chi connectivity index (χ3n) is 3.67. The maximum absolute atomic E-state index is 12.2. The minimum atomic E-state index is -3.47. The number of sulfone groups is 2. The Kier molecular flexibility index (Phi) is 5.80. The van der Waals surface area contributed by atoms with E-state index in [1.165, 1.54) is 6.07 Å². The van der Waals surface area contributed by atoms with E-state index in [1.54, 1.807) is 18.2 Å². The Morgan fingerprint density at radius 1 is 0.773 bits per heavy atom. The van der Waals surface area contributed by atoms with Crippen molar-refractivity contribution in [3.63, 3.8) is 0 Å². The van der Waals surface area contributed by atoms with Crippen LogP contribution in [0.4, 0.5) is 0 Å². The summed E-state index contributed by atoms with van der Waals surface area (Å²) in [6.45, 7) is 0. The van der Waals surface area contributed by atoms with E-state index in [9.17, 15) is 16.8 Å². The molecule has 22 heavy (non-hydrogen) atoms. The molecule has 1 aromatic carbocycles. The van der Waals surface area contributed by atoms with Crippen LogP contribution < -0.4 is 0 Å². The first-order chi connectivity index (χ1) is 10.2. The molecule has 1 aliphatic rings. The molecule has 4 nitrogen and oxygen atoms in total. The second-order valence-corrected chi connectivity index (χ2v) is 11.3. The summed E-state index contributed by atoms with van der Waals surface area (Å²) in [5.41, 5.74) is 0.721. The molecule has 2 atom stereocenters. The van der Waals surface area contributed by atoms with Crippen LogP contribution in [-0.4, -0.2) is 28.3 Å². The number of halogens is 2. The van der Waals surface area contributed by atoms with Gasteiger partial charge in [0.25, 0.3) is 0 Å². The van der Waals surface area contributed by atoms with Crippen LogP contribution in [0.15, 0.2) is 24.3 Å². The summed E-state index contributed by atoms with van der Waals surface area (Å²) in [5.74, 6) is 0.00486. The summed E-state index contributed by atoms with van der Waals surface area (Å²) in [4.78, 5) is 0. The highest BCUT2D eigenvalue weighted by molar-refractivity contribution is 7.93. The van der Waals surface area contributed by atoms with Crippen LogP contribution in [0.3, 0.4) is 0 Å². The summed E-state index contributed by atoms with van der Waals surface area (Å²) in [6.07, 6.45) is 2.27. The van der Waals surface area contributed by atoms with E-state index >= 15 is 0 Å². The molecule has 0 aliphatic carbocycles. The zero-order valence-corrected chi connectivity index (χ0v) is 15.1. The largest absolute Gasteiger partial charge is 0.227 e. The third-order valence-corrected chi connectivity index (χ3v) is 9.33. The first-order valence-electron chi connectivity index (χ1n) is 7.05. The number of benzene rings is 1. The predicted octanol–water partition coefficient (Wildman–Crippen LogP) is 3.57. The van der Waals surface area contributed by atoms with Crippen molar-refractivity contribution < 1.29 is 16.8 Å². The van der Waals surface area contributed by atoms with Crippen LogP contribution in [0.5, 0.6) is 0 Å². The van der Waals surface area contributed by atoms with Crippen molar-refractivity contribution in [1.82, 2.24) is 0 Å². The summed E-state index contributed by atoms with van der Waals surface area (Å²) in [5, 5.41) is 0. The van der Waals surface area contributed by atoms with Gasteiger partial charge in [0.15, 0.2) is 29.1 Å². The second kappa shape index (κ2) is 7.07. The summed E-state index contributed by atoms with van der Waals surface area (Å²) in [7, 11) is -6.94. The Labute approximate surface area is 141 Å². The van der Waals surface area contributed by atoms with Gasteiger partial charge in [-0.2, -0.15) is 0 Å². The van der Waals surface area contributed by atoms with Gasteiger partial charge >= 0.3 is 0 Å². The second-order valence-electron chi connectivity index (χ2n) is 5.45. The van der Waals surface area contributed by atoms with E-state index in [0.29, 0.717) is 36.8 Å². The van der Waals surface area contributed by atoms with E-state index < -0.39 is 29.1 Å². The predicted molar refractivity (Wildman–Crippen MR) is 89.7 cm³/mol. The van der Waals surface area contributed by atoms with Gasteiger partial charge in [-0.1, -0.05) is 37.1 Å². The van der Waals surface area contributed by atoms with E-state index in [-0.39, 0.29) is 11.5 Å². The lowest BCUT2D eigenvalue weighted by atomic mass is 10.2. The molecule has 124 valence electrons. The molecule has 0 radical (unpaired) electrons. The third kappa shape index (κ3) is 4.16. The lowest BCUT2D eigenvalue weighted by molar-refractivity contribution is 0.580. The number of hydrogen-bond acceptors (Lipinski definition) is 4. The van der Waals surface area contributed by atoms with Gasteiger partial charge in [-0.15, -0.1) is 23.2 Å². The standard InChI is InChI=1S/C14H18Cl2O4S2/c15-13-11-6-5-7-12(10-11)14(16)22(19,20)9-4-2-1-3-8-21(13,17)18/h5-7,10,13-14H,1-4,8-9H2. The fourth-order valence-electron chi connectivity index (χ4n) is 2.42. The maximum Gasteiger partial charge on any atom is 0.171 e. The maximum atomic E-state index is 12.2. The molecule has 2 unspecified atom stereocenters. The highest BCUT2D eigenvalue weighted by Gasteiger charge is 2.29. The Hall–Kier alpha value is -0.300. The van der Waals surface area contributed by atoms with Gasteiger partial charge < -0.3 is 0 Å². The molecule has 1 aliphatic heterocycles. The number of rotatable bonds is 0. The minimum Gasteiger partial charge on any atom is -0.227 e. The lowest BCUT2D eigenvalue weighted by Gasteiger charge is -2.14. The van der Waals surface area contributed by atoms with E-state index in [2.05, 4.69) is 0 Å². The van der Waals surface area contributed by atoms with Crippen molar-refractivity contribution >= 4 is 42.9 Å². The van der Waals surface area contributed by atoms with Gasteiger partial charge in [0.1, 0.15) is 0 Å². The van der Waals surface area contributed by atoms with E-state index in [0.717, 1.165) is 0 Å². The molecule has 0 amide bonds. The Bertz CT molecular complexity index is 670. The number of fused-ring (bicyclic) bond motifs is 2. The molecule has 2 bridgehead atoms. The average molecular weight is 385 g/mol. The first-order valence-corrected chi connectivity index (χ1v) is 11.4. The molecule has 0 N–H and O–H groups in total. The smallest absolute Gasteiger partial charge is 0.171 e. The fourth-order valence-corrected chi connectivity index (χ4v) is 5.98. The van der Waals surface area contributed by atoms with Crippen molar-refractivity contribution in [3.8, 4) is 0 Å². The quantitative estimate of drug-likeness (QED) is 0.641. The molecule has 0 fully saturated rings. The van der Waals surface area contributed by atoms with Crippen LogP contribution in [0.1, 0.15) is 46.2 Å². The molecule has 0 aromatic heterocycles. The molecule has 1 heterocycles. The Balaban J connectivity index is 2.46. The van der Waals surface area contributed by atoms with Gasteiger partial charge in [-0.25, -0.2) is 16.8 Å². The van der Waals surface area contributed by atoms with Crippen molar-refractivity contribution in [1.29, 1.82) is 0 Å². The highest BCUT2D eigenvalue weighted by Crippen LogP contribution is 2.34. The zero-order valence-electron chi connectivity index (χ0n) is 11.9. The van der Waals surface area contributed by atoms with Crippen molar-refractivity contribution in [2.24, 2.45) is 0 Å². The summed E-state index contributed by atoms with van der Waals surface area (Å²) >= 11 is 12.2. The molecule has 0 saturated carbocycles. The van der Waals surface area contributed by atoms with Crippen LogP contribution in [0.25, 0.3) is 0 Å². The van der Waals surface area contributed by atoms with Crippen molar-refractivity contribution in [3.05, 3.63) is 35.4 Å². The highest BCUT2D eigenvalue weighted by atomic mass is 35.5. The van der Waals surface area contributed by atoms with Gasteiger partial charge in [-0.05, 0) is 24.0 Å². The van der Waals surface area contributed by atoms with Crippen LogP contribution in [-0.2, 0) is 19.7 Å². The fraction of sp³-hybridized carbons (Fsp3) is 0.571. The Morgan fingerprint density at radius 2 is 1.18 bits per heavy atom. The lowest BCUT2D eigenvalue weighted by Crippen LogP contribution is -2.14. The van der Waals surface area contributed by atoms with Crippen LogP contribution in [0, 0.1) is 0 Å². The van der Waals surface area contributed by atoms with E-state index in [1.807, 2.05) is 0 Å². The molecular weight excluding hydrogens is 367 g/mol. The first kappa shape index (κ1) is 18.0. The van der Waals surface area contributed by atoms with Gasteiger partial charge in [0.05, 0.1) is 11.5 Å². The van der Waals surface area contributed by atoms with Crippen molar-refractivity contribution in [2.75, 3.05) is 11.5 Å². The van der Waals surface area contributed by atoms with Gasteiger partial charge in [-0.3, -0.25) is 0 Å². The van der Waals surface area contributed by atoms with Gasteiger partial charge in [0, 0.05) is 0 Å². The number of hydrogen-bond donors (Lipinski definition) is 0. The molecule has 0 spiro atoms. The average Bonchev–Trinajstić information content (AvgIpc) is 2.48. The summed E-state index contributed by atoms with van der Waals surface area (Å²) < 4.78 is 46.6. The summed E-state index contributed by atoms with van der Waals surface area (Å²) in [6, 6.07) is 6.21. The van der Waals surface area contributed by atoms with Crippen LogP contribution >= 0.6 is 23.2 Å².